The largest absolute Gasteiger partial charge is 0.379 e. The van der Waals surface area contributed by atoms with Crippen LogP contribution in [0.1, 0.15) is 40.0 Å². The molecule has 2 aliphatic rings. The second-order valence-electron chi connectivity index (χ2n) is 6.62. The summed E-state index contributed by atoms with van der Waals surface area (Å²) in [5, 5.41) is 2.89. The Bertz CT molecular complexity index is 361. The van der Waals surface area contributed by atoms with Gasteiger partial charge in [-0.2, -0.15) is 0 Å². The summed E-state index contributed by atoms with van der Waals surface area (Å²) in [5.74, 6) is 0.664. The van der Waals surface area contributed by atoms with E-state index < -0.39 is 5.54 Å². The van der Waals surface area contributed by atoms with Crippen molar-refractivity contribution in [3.05, 3.63) is 0 Å². The number of amides is 1. The Hall–Kier alpha value is -0.360. The van der Waals surface area contributed by atoms with Gasteiger partial charge in [0.05, 0.1) is 12.7 Å². The molecule has 0 heterocycles. The van der Waals surface area contributed by atoms with Crippen LogP contribution in [0, 0.1) is 11.3 Å². The van der Waals surface area contributed by atoms with Crippen molar-refractivity contribution in [2.75, 3.05) is 26.4 Å². The Morgan fingerprint density at radius 3 is 2.57 bits per heavy atom. The van der Waals surface area contributed by atoms with Gasteiger partial charge in [-0.3, -0.25) is 4.79 Å². The van der Waals surface area contributed by atoms with E-state index >= 15 is 0 Å². The van der Waals surface area contributed by atoms with Crippen LogP contribution < -0.4 is 11.1 Å². The first kappa shape index (κ1) is 18.7. The van der Waals surface area contributed by atoms with Gasteiger partial charge in [0.1, 0.15) is 5.54 Å². The maximum Gasteiger partial charge on any atom is 0.240 e. The lowest BCUT2D eigenvalue weighted by atomic mass is 9.54. The molecular formula is C15H29ClN2O3. The van der Waals surface area contributed by atoms with E-state index in [-0.39, 0.29) is 29.8 Å². The van der Waals surface area contributed by atoms with E-state index in [9.17, 15) is 4.79 Å². The van der Waals surface area contributed by atoms with Gasteiger partial charge >= 0.3 is 0 Å². The van der Waals surface area contributed by atoms with Crippen LogP contribution >= 0.6 is 12.4 Å². The molecule has 2 rings (SSSR count). The highest BCUT2D eigenvalue weighted by molar-refractivity contribution is 5.88. The van der Waals surface area contributed by atoms with Crippen molar-refractivity contribution < 1.29 is 14.3 Å². The first-order valence-corrected chi connectivity index (χ1v) is 7.68. The predicted octanol–water partition coefficient (Wildman–Crippen LogP) is 1.48. The van der Waals surface area contributed by atoms with Gasteiger partial charge in [0.2, 0.25) is 5.91 Å². The molecule has 2 aliphatic carbocycles. The summed E-state index contributed by atoms with van der Waals surface area (Å²) >= 11 is 0. The van der Waals surface area contributed by atoms with E-state index in [2.05, 4.69) is 5.32 Å². The summed E-state index contributed by atoms with van der Waals surface area (Å²) in [6.07, 6.45) is 3.22. The van der Waals surface area contributed by atoms with Crippen LogP contribution in [0.3, 0.4) is 0 Å². The third kappa shape index (κ3) is 3.89. The minimum Gasteiger partial charge on any atom is -0.379 e. The van der Waals surface area contributed by atoms with E-state index in [1.807, 2.05) is 20.8 Å². The molecule has 0 aliphatic heterocycles. The normalized spacial score (nSPS) is 30.2. The lowest BCUT2D eigenvalue weighted by Crippen LogP contribution is -2.75. The van der Waals surface area contributed by atoms with Crippen molar-refractivity contribution in [3.8, 4) is 0 Å². The molecule has 21 heavy (non-hydrogen) atoms. The second-order valence-corrected chi connectivity index (χ2v) is 6.62. The van der Waals surface area contributed by atoms with Crippen LogP contribution in [0.5, 0.6) is 0 Å². The lowest BCUT2D eigenvalue weighted by molar-refractivity contribution is -0.170. The average molecular weight is 321 g/mol. The summed E-state index contributed by atoms with van der Waals surface area (Å²) in [7, 11) is 0. The first-order valence-electron chi connectivity index (χ1n) is 7.68. The SMILES string of the molecule is CCOC1CC(N)(C(=O)NCCOCC2CC2)C1(C)C.Cl. The molecule has 6 heteroatoms. The molecule has 124 valence electrons. The fraction of sp³-hybridized carbons (Fsp3) is 0.933. The molecular weight excluding hydrogens is 292 g/mol. The maximum absolute atomic E-state index is 12.3. The standard InChI is InChI=1S/C15H28N2O3.ClH/c1-4-20-12-9-15(16,14(12,2)3)13(18)17-7-8-19-10-11-5-6-11;/h11-12H,4-10,16H2,1-3H3,(H,17,18);1H. The Morgan fingerprint density at radius 1 is 1.38 bits per heavy atom. The van der Waals surface area contributed by atoms with Gasteiger partial charge in [-0.1, -0.05) is 13.8 Å². The number of hydrogen-bond donors (Lipinski definition) is 2. The highest BCUT2D eigenvalue weighted by atomic mass is 35.5. The van der Waals surface area contributed by atoms with Crippen molar-refractivity contribution in [1.29, 1.82) is 0 Å². The number of ether oxygens (including phenoxy) is 2. The summed E-state index contributed by atoms with van der Waals surface area (Å²) in [6, 6.07) is 0. The van der Waals surface area contributed by atoms with Crippen molar-refractivity contribution in [2.24, 2.45) is 17.1 Å². The van der Waals surface area contributed by atoms with Gasteiger partial charge in [0.15, 0.2) is 0 Å². The molecule has 3 N–H and O–H groups in total. The minimum absolute atomic E-state index is 0. The molecule has 0 aromatic heterocycles. The van der Waals surface area contributed by atoms with Gasteiger partial charge in [-0.15, -0.1) is 12.4 Å². The fourth-order valence-electron chi connectivity index (χ4n) is 2.75. The molecule has 5 nitrogen and oxygen atoms in total. The number of carbonyl (C=O) groups is 1. The first-order chi connectivity index (χ1) is 9.41. The van der Waals surface area contributed by atoms with Crippen molar-refractivity contribution in [3.63, 3.8) is 0 Å². The van der Waals surface area contributed by atoms with E-state index in [1.165, 1.54) is 12.8 Å². The van der Waals surface area contributed by atoms with Crippen LogP contribution in [-0.4, -0.2) is 43.9 Å². The molecule has 2 atom stereocenters. The molecule has 0 aromatic rings. The monoisotopic (exact) mass is 320 g/mol. The van der Waals surface area contributed by atoms with Crippen LogP contribution in [-0.2, 0) is 14.3 Å². The lowest BCUT2D eigenvalue weighted by Gasteiger charge is -2.57. The molecule has 0 radical (unpaired) electrons. The quantitative estimate of drug-likeness (QED) is 0.664. The third-order valence-electron chi connectivity index (χ3n) is 4.82. The summed E-state index contributed by atoms with van der Waals surface area (Å²) in [5.41, 5.74) is 5.12. The van der Waals surface area contributed by atoms with Crippen molar-refractivity contribution in [2.45, 2.75) is 51.7 Å². The number of nitrogens with two attached hydrogens (primary N) is 1. The smallest absolute Gasteiger partial charge is 0.240 e. The van der Waals surface area contributed by atoms with E-state index in [4.69, 9.17) is 15.2 Å². The number of carbonyl (C=O) groups excluding carboxylic acids is 1. The zero-order chi connectivity index (χ0) is 14.8. The topological polar surface area (TPSA) is 73.6 Å². The number of hydrogen-bond acceptors (Lipinski definition) is 4. The van der Waals surface area contributed by atoms with E-state index in [0.29, 0.717) is 26.2 Å². The van der Waals surface area contributed by atoms with Crippen LogP contribution in [0.15, 0.2) is 0 Å². The van der Waals surface area contributed by atoms with E-state index in [1.54, 1.807) is 0 Å². The zero-order valence-corrected chi connectivity index (χ0v) is 14.1. The van der Waals surface area contributed by atoms with Crippen LogP contribution in [0.4, 0.5) is 0 Å². The van der Waals surface area contributed by atoms with Crippen LogP contribution in [0.25, 0.3) is 0 Å². The van der Waals surface area contributed by atoms with Crippen molar-refractivity contribution in [1.82, 2.24) is 5.32 Å². The second kappa shape index (κ2) is 7.27. The number of rotatable bonds is 8. The van der Waals surface area contributed by atoms with Crippen LogP contribution in [0.2, 0.25) is 0 Å². The highest BCUT2D eigenvalue weighted by Gasteiger charge is 2.62. The molecule has 2 saturated carbocycles. The molecule has 0 saturated heterocycles. The van der Waals surface area contributed by atoms with E-state index in [0.717, 1.165) is 12.5 Å². The third-order valence-corrected chi connectivity index (χ3v) is 4.82. The summed E-state index contributed by atoms with van der Waals surface area (Å²) < 4.78 is 11.1. The molecule has 0 bridgehead atoms. The molecule has 2 fully saturated rings. The Kier molecular flexibility index (Phi) is 6.47. The fourth-order valence-corrected chi connectivity index (χ4v) is 2.75. The number of nitrogens with one attached hydrogen (secondary N) is 1. The maximum atomic E-state index is 12.3. The van der Waals surface area contributed by atoms with Gasteiger partial charge in [0.25, 0.3) is 0 Å². The molecule has 2 unspecified atom stereocenters. The summed E-state index contributed by atoms with van der Waals surface area (Å²) in [6.45, 7) is 8.53. The zero-order valence-electron chi connectivity index (χ0n) is 13.3. The Morgan fingerprint density at radius 2 is 2.05 bits per heavy atom. The van der Waals surface area contributed by atoms with Gasteiger partial charge < -0.3 is 20.5 Å². The van der Waals surface area contributed by atoms with Gasteiger partial charge in [-0.25, -0.2) is 0 Å². The molecule has 1 amide bonds. The summed E-state index contributed by atoms with van der Waals surface area (Å²) in [4.78, 5) is 12.3. The minimum atomic E-state index is -0.830. The number of halogens is 1. The molecule has 0 aromatic carbocycles. The highest BCUT2D eigenvalue weighted by Crippen LogP contribution is 2.49. The van der Waals surface area contributed by atoms with Gasteiger partial charge in [-0.05, 0) is 25.7 Å². The average Bonchev–Trinajstić information content (AvgIpc) is 3.21. The van der Waals surface area contributed by atoms with Gasteiger partial charge in [0, 0.05) is 31.6 Å². The Labute approximate surface area is 133 Å². The predicted molar refractivity (Wildman–Crippen MR) is 84.5 cm³/mol. The van der Waals surface area contributed by atoms with Crippen molar-refractivity contribution >= 4 is 18.3 Å². The Balaban J connectivity index is 0.00000220. The molecule has 0 spiro atoms.